The summed E-state index contributed by atoms with van der Waals surface area (Å²) in [6.45, 7) is 0. The molecule has 38 heavy (non-hydrogen) atoms. The topological polar surface area (TPSA) is 82.8 Å². The Morgan fingerprint density at radius 1 is 0.842 bits per heavy atom. The lowest BCUT2D eigenvalue weighted by Gasteiger charge is -2.11. The van der Waals surface area contributed by atoms with Gasteiger partial charge in [0.15, 0.2) is 17.3 Å². The highest BCUT2D eigenvalue weighted by molar-refractivity contribution is 7.87. The van der Waals surface area contributed by atoms with Gasteiger partial charge in [0.25, 0.3) is 0 Å². The normalized spacial score (nSPS) is 11.5. The maximum Gasteiger partial charge on any atom is 0.339 e. The zero-order valence-electron chi connectivity index (χ0n) is 20.2. The van der Waals surface area contributed by atoms with Crippen LogP contribution in [-0.2, 0) is 10.1 Å². The molecular formula is C29H22ClN3O4S. The van der Waals surface area contributed by atoms with Gasteiger partial charge in [-0.05, 0) is 60.2 Å². The molecule has 0 aliphatic rings. The van der Waals surface area contributed by atoms with E-state index >= 15 is 0 Å². The van der Waals surface area contributed by atoms with Crippen LogP contribution in [0, 0.1) is 0 Å². The van der Waals surface area contributed by atoms with Gasteiger partial charge in [0, 0.05) is 22.9 Å². The summed E-state index contributed by atoms with van der Waals surface area (Å²) >= 11 is 5.86. The molecule has 0 saturated heterocycles. The minimum atomic E-state index is -4.07. The highest BCUT2D eigenvalue weighted by Crippen LogP contribution is 2.31. The van der Waals surface area contributed by atoms with E-state index in [0.717, 1.165) is 16.9 Å². The molecule has 1 heterocycles. The van der Waals surface area contributed by atoms with Gasteiger partial charge in [-0.1, -0.05) is 60.1 Å². The molecule has 0 atom stereocenters. The van der Waals surface area contributed by atoms with Crippen LogP contribution in [0.4, 0.5) is 5.82 Å². The number of benzene rings is 4. The Morgan fingerprint density at radius 2 is 1.53 bits per heavy atom. The first-order valence-electron chi connectivity index (χ1n) is 11.6. The van der Waals surface area contributed by atoms with Gasteiger partial charge in [0.1, 0.15) is 4.90 Å². The lowest BCUT2D eigenvalue weighted by atomic mass is 10.1. The number of rotatable bonds is 8. The van der Waals surface area contributed by atoms with E-state index in [9.17, 15) is 8.42 Å². The number of halogens is 1. The first-order valence-corrected chi connectivity index (χ1v) is 13.3. The van der Waals surface area contributed by atoms with E-state index in [4.69, 9.17) is 25.6 Å². The SMILES string of the molecule is COc1cc(C=Nc2cc(-c3ccccc3)nn2-c2ccccc2)ccc1OS(=O)(=O)c1ccc(Cl)cc1. The predicted molar refractivity (Wildman–Crippen MR) is 149 cm³/mol. The molecule has 0 aliphatic heterocycles. The Labute approximate surface area is 225 Å². The summed E-state index contributed by atoms with van der Waals surface area (Å²) in [7, 11) is -2.64. The second kappa shape index (κ2) is 10.9. The van der Waals surface area contributed by atoms with Crippen molar-refractivity contribution in [1.82, 2.24) is 9.78 Å². The maximum absolute atomic E-state index is 12.7. The van der Waals surface area contributed by atoms with E-state index in [1.54, 1.807) is 23.0 Å². The van der Waals surface area contributed by atoms with Crippen LogP contribution in [0.25, 0.3) is 16.9 Å². The van der Waals surface area contributed by atoms with Gasteiger partial charge in [0.2, 0.25) is 0 Å². The van der Waals surface area contributed by atoms with Crippen LogP contribution in [0.2, 0.25) is 5.02 Å². The Morgan fingerprint density at radius 3 is 2.21 bits per heavy atom. The molecule has 5 aromatic rings. The average molecular weight is 544 g/mol. The Hall–Kier alpha value is -4.40. The number of hydrogen-bond donors (Lipinski definition) is 0. The van der Waals surface area contributed by atoms with Crippen molar-refractivity contribution in [2.24, 2.45) is 4.99 Å². The van der Waals surface area contributed by atoms with Crippen LogP contribution >= 0.6 is 11.6 Å². The van der Waals surface area contributed by atoms with Gasteiger partial charge in [-0.15, -0.1) is 0 Å². The molecule has 7 nitrogen and oxygen atoms in total. The van der Waals surface area contributed by atoms with Gasteiger partial charge in [0.05, 0.1) is 18.5 Å². The average Bonchev–Trinajstić information content (AvgIpc) is 3.38. The number of ether oxygens (including phenoxy) is 1. The third-order valence-corrected chi connectivity index (χ3v) is 7.10. The summed E-state index contributed by atoms with van der Waals surface area (Å²) in [5.74, 6) is 0.924. The van der Waals surface area contributed by atoms with Crippen LogP contribution < -0.4 is 8.92 Å². The Bertz CT molecular complexity index is 1690. The van der Waals surface area contributed by atoms with E-state index < -0.39 is 10.1 Å². The fourth-order valence-electron chi connectivity index (χ4n) is 3.71. The van der Waals surface area contributed by atoms with Crippen molar-refractivity contribution in [2.75, 3.05) is 7.11 Å². The molecule has 4 aromatic carbocycles. The van der Waals surface area contributed by atoms with Crippen molar-refractivity contribution >= 4 is 33.8 Å². The minimum Gasteiger partial charge on any atom is -0.493 e. The molecule has 0 fully saturated rings. The van der Waals surface area contributed by atoms with Crippen LogP contribution in [0.3, 0.4) is 0 Å². The Kier molecular flexibility index (Phi) is 7.26. The summed E-state index contributed by atoms with van der Waals surface area (Å²) in [4.78, 5) is 4.67. The molecule has 0 spiro atoms. The van der Waals surface area contributed by atoms with Crippen molar-refractivity contribution in [3.63, 3.8) is 0 Å². The van der Waals surface area contributed by atoms with Crippen LogP contribution in [-0.4, -0.2) is 31.5 Å². The standard InChI is InChI=1S/C29H22ClN3O4S/c1-36-28-18-21(12-17-27(28)37-38(34,35)25-15-13-23(30)14-16-25)20-31-29-19-26(22-8-4-2-5-9-22)32-33(29)24-10-6-3-7-11-24/h2-20H,1H3. The van der Waals surface area contributed by atoms with Gasteiger partial charge < -0.3 is 8.92 Å². The van der Waals surface area contributed by atoms with E-state index in [-0.39, 0.29) is 16.4 Å². The highest BCUT2D eigenvalue weighted by Gasteiger charge is 2.19. The third kappa shape index (κ3) is 5.61. The summed E-state index contributed by atoms with van der Waals surface area (Å²) < 4.78 is 37.9. The molecule has 9 heteroatoms. The van der Waals surface area contributed by atoms with Crippen molar-refractivity contribution in [2.45, 2.75) is 4.90 Å². The second-order valence-corrected chi connectivity index (χ2v) is 10.1. The van der Waals surface area contributed by atoms with Crippen LogP contribution in [0.1, 0.15) is 5.56 Å². The first-order chi connectivity index (χ1) is 18.4. The van der Waals surface area contributed by atoms with Crippen molar-refractivity contribution in [3.8, 4) is 28.4 Å². The highest BCUT2D eigenvalue weighted by atomic mass is 35.5. The fraction of sp³-hybridized carbons (Fsp3) is 0.0345. The van der Waals surface area contributed by atoms with Crippen molar-refractivity contribution in [1.29, 1.82) is 0 Å². The molecule has 1 aromatic heterocycles. The molecule has 0 N–H and O–H groups in total. The predicted octanol–water partition coefficient (Wildman–Crippen LogP) is 6.72. The third-order valence-electron chi connectivity index (χ3n) is 5.60. The van der Waals surface area contributed by atoms with Crippen LogP contribution in [0.5, 0.6) is 11.5 Å². The monoisotopic (exact) mass is 543 g/mol. The van der Waals surface area contributed by atoms with E-state index in [0.29, 0.717) is 16.4 Å². The molecule has 0 radical (unpaired) electrons. The van der Waals surface area contributed by atoms with Crippen molar-refractivity contribution < 1.29 is 17.3 Å². The number of nitrogens with zero attached hydrogens (tertiary/aromatic N) is 3. The molecule has 0 saturated carbocycles. The van der Waals surface area contributed by atoms with Crippen molar-refractivity contribution in [3.05, 3.63) is 120 Å². The van der Waals surface area contributed by atoms with Gasteiger partial charge in [-0.3, -0.25) is 0 Å². The lowest BCUT2D eigenvalue weighted by molar-refractivity contribution is 0.390. The van der Waals surface area contributed by atoms with Gasteiger partial charge in [-0.2, -0.15) is 13.5 Å². The first kappa shape index (κ1) is 25.3. The number of para-hydroxylation sites is 1. The van der Waals surface area contributed by atoms with Crippen LogP contribution in [0.15, 0.2) is 119 Å². The zero-order chi connectivity index (χ0) is 26.5. The number of aliphatic imine (C=N–C) groups is 1. The number of hydrogen-bond acceptors (Lipinski definition) is 6. The molecular weight excluding hydrogens is 522 g/mol. The van der Waals surface area contributed by atoms with Gasteiger partial charge in [-0.25, -0.2) is 9.67 Å². The van der Waals surface area contributed by atoms with E-state index in [1.165, 1.54) is 37.4 Å². The molecule has 5 rings (SSSR count). The quantitative estimate of drug-likeness (QED) is 0.160. The molecule has 190 valence electrons. The summed E-state index contributed by atoms with van der Waals surface area (Å²) in [6, 6.07) is 32.1. The number of aromatic nitrogens is 2. The number of methoxy groups -OCH3 is 1. The molecule has 0 aliphatic carbocycles. The zero-order valence-corrected chi connectivity index (χ0v) is 21.8. The Balaban J connectivity index is 1.45. The fourth-order valence-corrected chi connectivity index (χ4v) is 4.78. The summed E-state index contributed by atoms with van der Waals surface area (Å²) in [5, 5.41) is 5.19. The van der Waals surface area contributed by atoms with Gasteiger partial charge >= 0.3 is 10.1 Å². The van der Waals surface area contributed by atoms with E-state index in [1.807, 2.05) is 66.7 Å². The molecule has 0 unspecified atom stereocenters. The second-order valence-electron chi connectivity index (χ2n) is 8.16. The van der Waals surface area contributed by atoms with E-state index in [2.05, 4.69) is 4.99 Å². The lowest BCUT2D eigenvalue weighted by Crippen LogP contribution is -2.10. The maximum atomic E-state index is 12.7. The minimum absolute atomic E-state index is 0.0158. The summed E-state index contributed by atoms with van der Waals surface area (Å²) in [5.41, 5.74) is 3.31. The largest absolute Gasteiger partial charge is 0.493 e. The summed E-state index contributed by atoms with van der Waals surface area (Å²) in [6.07, 6.45) is 1.66. The smallest absolute Gasteiger partial charge is 0.339 e. The molecule has 0 amide bonds. The molecule has 0 bridgehead atoms.